The lowest BCUT2D eigenvalue weighted by Crippen LogP contribution is -2.49. The van der Waals surface area contributed by atoms with E-state index in [4.69, 9.17) is 28.9 Å². The van der Waals surface area contributed by atoms with E-state index >= 15 is 0 Å². The van der Waals surface area contributed by atoms with Crippen LogP contribution < -0.4 is 5.73 Å². The third-order valence-electron chi connectivity index (χ3n) is 3.74. The van der Waals surface area contributed by atoms with Crippen LogP contribution in [0.3, 0.4) is 0 Å². The summed E-state index contributed by atoms with van der Waals surface area (Å²) in [6.45, 7) is 2.38. The lowest BCUT2D eigenvalue weighted by Gasteiger charge is -2.36. The first-order chi connectivity index (χ1) is 9.81. The van der Waals surface area contributed by atoms with Gasteiger partial charge in [0.1, 0.15) is 6.04 Å². The molecule has 0 aromatic heterocycles. The molecule has 7 heteroatoms. The molecule has 1 amide bonds. The van der Waals surface area contributed by atoms with Crippen LogP contribution in [0.25, 0.3) is 0 Å². The molecule has 5 nitrogen and oxygen atoms in total. The van der Waals surface area contributed by atoms with Gasteiger partial charge in [0.05, 0.1) is 15.7 Å². The number of nitrogens with zero attached hydrogens (tertiary/aromatic N) is 1. The standard InChI is InChI=1S/C14H16Cl2N2O3/c1-7-2-3-18(11(4-7)14(20)21)13(19)8-5-9(15)12(17)10(16)6-8/h5-7,11H,2-4,17H2,1H3,(H,20,21). The Morgan fingerprint density at radius 2 is 1.90 bits per heavy atom. The maximum Gasteiger partial charge on any atom is 0.326 e. The van der Waals surface area contributed by atoms with Gasteiger partial charge in [-0.2, -0.15) is 0 Å². The lowest BCUT2D eigenvalue weighted by atomic mass is 9.92. The molecule has 2 atom stereocenters. The summed E-state index contributed by atoms with van der Waals surface area (Å²) in [7, 11) is 0. The topological polar surface area (TPSA) is 83.6 Å². The largest absolute Gasteiger partial charge is 0.480 e. The summed E-state index contributed by atoms with van der Waals surface area (Å²) in [6.07, 6.45) is 1.21. The molecule has 1 aliphatic heterocycles. The number of nitrogen functional groups attached to an aromatic ring is 1. The SMILES string of the molecule is CC1CCN(C(=O)c2cc(Cl)c(N)c(Cl)c2)C(C(=O)O)C1. The summed E-state index contributed by atoms with van der Waals surface area (Å²) in [4.78, 5) is 25.3. The third kappa shape index (κ3) is 3.24. The number of likely N-dealkylation sites (tertiary alicyclic amines) is 1. The second-order valence-corrected chi connectivity index (χ2v) is 6.15. The molecular weight excluding hydrogens is 315 g/mol. The van der Waals surface area contributed by atoms with Crippen LogP contribution in [0.2, 0.25) is 10.0 Å². The number of anilines is 1. The molecular formula is C14H16Cl2N2O3. The van der Waals surface area contributed by atoms with Crippen molar-refractivity contribution in [1.82, 2.24) is 4.90 Å². The second kappa shape index (κ2) is 6.12. The third-order valence-corrected chi connectivity index (χ3v) is 4.36. The van der Waals surface area contributed by atoms with Crippen LogP contribution in [0.5, 0.6) is 0 Å². The van der Waals surface area contributed by atoms with E-state index in [1.807, 2.05) is 6.92 Å². The number of halogens is 2. The molecule has 1 aromatic carbocycles. The van der Waals surface area contributed by atoms with Crippen molar-refractivity contribution in [3.63, 3.8) is 0 Å². The van der Waals surface area contributed by atoms with Gasteiger partial charge >= 0.3 is 5.97 Å². The molecule has 0 spiro atoms. The van der Waals surface area contributed by atoms with Crippen molar-refractivity contribution in [2.45, 2.75) is 25.8 Å². The Balaban J connectivity index is 2.32. The fourth-order valence-electron chi connectivity index (χ4n) is 2.49. The molecule has 1 saturated heterocycles. The van der Waals surface area contributed by atoms with Gasteiger partial charge in [-0.05, 0) is 30.9 Å². The minimum Gasteiger partial charge on any atom is -0.480 e. The lowest BCUT2D eigenvalue weighted by molar-refractivity contribution is -0.144. The highest BCUT2D eigenvalue weighted by atomic mass is 35.5. The Bertz CT molecular complexity index is 569. The average Bonchev–Trinajstić information content (AvgIpc) is 2.43. The van der Waals surface area contributed by atoms with Crippen molar-refractivity contribution in [2.75, 3.05) is 12.3 Å². The zero-order chi connectivity index (χ0) is 15.7. The first-order valence-electron chi connectivity index (χ1n) is 6.59. The molecule has 0 aliphatic carbocycles. The number of carbonyl (C=O) groups is 2. The summed E-state index contributed by atoms with van der Waals surface area (Å²) < 4.78 is 0. The first-order valence-corrected chi connectivity index (χ1v) is 7.35. The van der Waals surface area contributed by atoms with Gasteiger partial charge in [0.25, 0.3) is 5.91 Å². The van der Waals surface area contributed by atoms with Gasteiger partial charge in [-0.25, -0.2) is 4.79 Å². The summed E-state index contributed by atoms with van der Waals surface area (Å²) in [5, 5.41) is 9.68. The highest BCUT2D eigenvalue weighted by molar-refractivity contribution is 6.39. The van der Waals surface area contributed by atoms with E-state index in [1.165, 1.54) is 17.0 Å². The molecule has 2 unspecified atom stereocenters. The highest BCUT2D eigenvalue weighted by Gasteiger charge is 2.35. The Labute approximate surface area is 132 Å². The summed E-state index contributed by atoms with van der Waals surface area (Å²) in [6, 6.07) is 2.01. The Morgan fingerprint density at radius 1 is 1.33 bits per heavy atom. The predicted molar refractivity (Wildman–Crippen MR) is 81.7 cm³/mol. The number of carbonyl (C=O) groups excluding carboxylic acids is 1. The number of hydrogen-bond acceptors (Lipinski definition) is 3. The Morgan fingerprint density at radius 3 is 2.43 bits per heavy atom. The fourth-order valence-corrected chi connectivity index (χ4v) is 2.98. The van der Waals surface area contributed by atoms with E-state index in [1.54, 1.807) is 0 Å². The van der Waals surface area contributed by atoms with E-state index in [-0.39, 0.29) is 27.2 Å². The molecule has 21 heavy (non-hydrogen) atoms. The van der Waals surface area contributed by atoms with Crippen LogP contribution in [-0.2, 0) is 4.79 Å². The molecule has 2 rings (SSSR count). The fraction of sp³-hybridized carbons (Fsp3) is 0.429. The molecule has 1 fully saturated rings. The van der Waals surface area contributed by atoms with Gasteiger partial charge in [0.2, 0.25) is 0 Å². The van der Waals surface area contributed by atoms with Gasteiger partial charge < -0.3 is 15.7 Å². The summed E-state index contributed by atoms with van der Waals surface area (Å²) >= 11 is 11.9. The van der Waals surface area contributed by atoms with E-state index in [9.17, 15) is 14.7 Å². The number of nitrogens with two attached hydrogens (primary N) is 1. The van der Waals surface area contributed by atoms with Crippen molar-refractivity contribution in [3.8, 4) is 0 Å². The number of aliphatic carboxylic acids is 1. The average molecular weight is 331 g/mol. The van der Waals surface area contributed by atoms with Gasteiger partial charge in [-0.1, -0.05) is 30.1 Å². The normalized spacial score (nSPS) is 22.1. The number of rotatable bonds is 2. The highest BCUT2D eigenvalue weighted by Crippen LogP contribution is 2.31. The Kier molecular flexibility index (Phi) is 4.64. The number of benzene rings is 1. The van der Waals surface area contributed by atoms with Gasteiger partial charge in [0, 0.05) is 12.1 Å². The Hall–Kier alpha value is -1.46. The van der Waals surface area contributed by atoms with E-state index < -0.39 is 17.9 Å². The molecule has 0 bridgehead atoms. The van der Waals surface area contributed by atoms with Crippen molar-refractivity contribution >= 4 is 40.8 Å². The monoisotopic (exact) mass is 330 g/mol. The van der Waals surface area contributed by atoms with E-state index in [0.29, 0.717) is 13.0 Å². The van der Waals surface area contributed by atoms with E-state index in [0.717, 1.165) is 6.42 Å². The number of carboxylic acid groups (broad SMARTS) is 1. The molecule has 1 aliphatic rings. The van der Waals surface area contributed by atoms with Gasteiger partial charge in [0.15, 0.2) is 0 Å². The zero-order valence-corrected chi connectivity index (χ0v) is 13.0. The molecule has 1 aromatic rings. The number of hydrogen-bond donors (Lipinski definition) is 2. The summed E-state index contributed by atoms with van der Waals surface area (Å²) in [5.74, 6) is -1.12. The molecule has 0 radical (unpaired) electrons. The number of carboxylic acids is 1. The van der Waals surface area contributed by atoms with Crippen LogP contribution >= 0.6 is 23.2 Å². The number of piperidine rings is 1. The quantitative estimate of drug-likeness (QED) is 0.816. The van der Waals surface area contributed by atoms with Crippen LogP contribution in [0, 0.1) is 5.92 Å². The van der Waals surface area contributed by atoms with Crippen LogP contribution in [0.4, 0.5) is 5.69 Å². The minimum absolute atomic E-state index is 0.183. The summed E-state index contributed by atoms with van der Waals surface area (Å²) in [5.41, 5.74) is 6.10. The van der Waals surface area contributed by atoms with Crippen LogP contribution in [-0.4, -0.2) is 34.5 Å². The maximum atomic E-state index is 12.5. The molecule has 3 N–H and O–H groups in total. The smallest absolute Gasteiger partial charge is 0.326 e. The van der Waals surface area contributed by atoms with Crippen molar-refractivity contribution < 1.29 is 14.7 Å². The molecule has 114 valence electrons. The first kappa shape index (κ1) is 15.9. The minimum atomic E-state index is -0.998. The molecule has 0 saturated carbocycles. The van der Waals surface area contributed by atoms with Crippen molar-refractivity contribution in [2.24, 2.45) is 5.92 Å². The van der Waals surface area contributed by atoms with Crippen LogP contribution in [0.15, 0.2) is 12.1 Å². The van der Waals surface area contributed by atoms with Gasteiger partial charge in [-0.15, -0.1) is 0 Å². The second-order valence-electron chi connectivity index (χ2n) is 5.34. The maximum absolute atomic E-state index is 12.5. The predicted octanol–water partition coefficient (Wildman–Crippen LogP) is 2.90. The zero-order valence-electron chi connectivity index (χ0n) is 11.5. The van der Waals surface area contributed by atoms with Crippen LogP contribution in [0.1, 0.15) is 30.1 Å². The molecule has 1 heterocycles. The van der Waals surface area contributed by atoms with E-state index in [2.05, 4.69) is 0 Å². The van der Waals surface area contributed by atoms with Crippen molar-refractivity contribution in [3.05, 3.63) is 27.7 Å². The number of amides is 1. The van der Waals surface area contributed by atoms with Gasteiger partial charge in [-0.3, -0.25) is 4.79 Å². The van der Waals surface area contributed by atoms with Crippen molar-refractivity contribution in [1.29, 1.82) is 0 Å².